The number of pyridine rings is 1. The first-order chi connectivity index (χ1) is 9.42. The van der Waals surface area contributed by atoms with E-state index in [-0.39, 0.29) is 0 Å². The Morgan fingerprint density at radius 1 is 0.947 bits per heavy atom. The fraction of sp³-hybridized carbons (Fsp3) is 0.438. The normalized spacial score (nSPS) is 26.6. The van der Waals surface area contributed by atoms with E-state index in [9.17, 15) is 0 Å². The summed E-state index contributed by atoms with van der Waals surface area (Å²) in [6.07, 6.45) is 4.49. The van der Waals surface area contributed by atoms with E-state index in [1.165, 1.54) is 43.5 Å². The fourth-order valence-corrected chi connectivity index (χ4v) is 3.54. The summed E-state index contributed by atoms with van der Waals surface area (Å²) in [4.78, 5) is 9.70. The molecule has 0 saturated carbocycles. The minimum absolute atomic E-state index is 0.713. The summed E-state index contributed by atoms with van der Waals surface area (Å²) in [5.74, 6) is 0. The van der Waals surface area contributed by atoms with Crippen molar-refractivity contribution in [1.29, 1.82) is 0 Å². The number of hydrogen-bond donors (Lipinski definition) is 0. The van der Waals surface area contributed by atoms with Crippen molar-refractivity contribution in [3.8, 4) is 0 Å². The van der Waals surface area contributed by atoms with E-state index in [1.807, 2.05) is 12.3 Å². The minimum Gasteiger partial charge on any atom is -0.367 e. The van der Waals surface area contributed by atoms with Crippen LogP contribution in [-0.2, 0) is 0 Å². The summed E-state index contributed by atoms with van der Waals surface area (Å²) in [5.41, 5.74) is 2.48. The fourth-order valence-electron chi connectivity index (χ4n) is 3.54. The summed E-state index contributed by atoms with van der Waals surface area (Å²) in [6.45, 7) is 4.89. The number of fused-ring (bicyclic) bond motifs is 5. The molecule has 4 heterocycles. The van der Waals surface area contributed by atoms with Gasteiger partial charge in [-0.2, -0.15) is 0 Å². The molecule has 1 aromatic carbocycles. The van der Waals surface area contributed by atoms with Crippen LogP contribution < -0.4 is 4.90 Å². The van der Waals surface area contributed by atoms with E-state index in [4.69, 9.17) is 0 Å². The molecule has 3 fully saturated rings. The lowest BCUT2D eigenvalue weighted by molar-refractivity contribution is 0.250. The first-order valence-corrected chi connectivity index (χ1v) is 7.24. The Bertz CT molecular complexity index is 582. The van der Waals surface area contributed by atoms with Gasteiger partial charge in [-0.3, -0.25) is 4.98 Å². The molecule has 2 bridgehead atoms. The summed E-state index contributed by atoms with van der Waals surface area (Å²) >= 11 is 0. The van der Waals surface area contributed by atoms with Crippen LogP contribution in [-0.4, -0.2) is 42.1 Å². The maximum Gasteiger partial charge on any atom is 0.0722 e. The van der Waals surface area contributed by atoms with Gasteiger partial charge >= 0.3 is 0 Å². The molecule has 0 spiro atoms. The van der Waals surface area contributed by atoms with E-state index >= 15 is 0 Å². The molecule has 5 rings (SSSR count). The quantitative estimate of drug-likeness (QED) is 0.778. The lowest BCUT2D eigenvalue weighted by Crippen LogP contribution is -2.38. The third-order valence-electron chi connectivity index (χ3n) is 4.59. The van der Waals surface area contributed by atoms with Gasteiger partial charge in [0, 0.05) is 49.5 Å². The maximum absolute atomic E-state index is 4.48. The minimum atomic E-state index is 0.713. The van der Waals surface area contributed by atoms with Crippen molar-refractivity contribution in [2.24, 2.45) is 0 Å². The van der Waals surface area contributed by atoms with Crippen LogP contribution in [0.15, 0.2) is 36.5 Å². The molecular weight excluding hydrogens is 234 g/mol. The molecule has 3 nitrogen and oxygen atoms in total. The molecule has 3 saturated heterocycles. The lowest BCUT2D eigenvalue weighted by atomic mass is 10.0. The zero-order chi connectivity index (χ0) is 12.7. The van der Waals surface area contributed by atoms with Crippen molar-refractivity contribution >= 4 is 16.6 Å². The number of benzene rings is 1. The number of nitrogens with zero attached hydrogens (tertiary/aromatic N) is 3. The first-order valence-electron chi connectivity index (χ1n) is 7.24. The predicted octanol–water partition coefficient (Wildman–Crippen LogP) is 2.52. The standard InChI is InChI=1S/C16H19N3/c1-4-15-14(3-2-8-17-15)16(5-1)19-12-11-18-9-6-13(19)7-10-18/h1-5,8,13H,6-7,9-12H2. The van der Waals surface area contributed by atoms with E-state index in [0.717, 1.165) is 12.1 Å². The van der Waals surface area contributed by atoms with Gasteiger partial charge in [-0.1, -0.05) is 6.07 Å². The van der Waals surface area contributed by atoms with Gasteiger partial charge in [-0.15, -0.1) is 0 Å². The van der Waals surface area contributed by atoms with Crippen molar-refractivity contribution in [3.63, 3.8) is 0 Å². The molecule has 3 heteroatoms. The van der Waals surface area contributed by atoms with Crippen molar-refractivity contribution in [3.05, 3.63) is 36.5 Å². The molecule has 0 radical (unpaired) electrons. The summed E-state index contributed by atoms with van der Waals surface area (Å²) in [6, 6.07) is 11.5. The number of rotatable bonds is 1. The van der Waals surface area contributed by atoms with Crippen LogP contribution >= 0.6 is 0 Å². The van der Waals surface area contributed by atoms with E-state index in [1.54, 1.807) is 0 Å². The third-order valence-corrected chi connectivity index (χ3v) is 4.59. The molecular formula is C16H19N3. The van der Waals surface area contributed by atoms with Gasteiger partial charge in [0.1, 0.15) is 0 Å². The molecule has 0 amide bonds. The highest BCUT2D eigenvalue weighted by molar-refractivity contribution is 5.91. The van der Waals surface area contributed by atoms with Gasteiger partial charge in [0.15, 0.2) is 0 Å². The lowest BCUT2D eigenvalue weighted by Gasteiger charge is -2.33. The smallest absolute Gasteiger partial charge is 0.0722 e. The van der Waals surface area contributed by atoms with Crippen LogP contribution in [0.3, 0.4) is 0 Å². The van der Waals surface area contributed by atoms with Crippen molar-refractivity contribution in [2.75, 3.05) is 31.1 Å². The van der Waals surface area contributed by atoms with Gasteiger partial charge in [0.05, 0.1) is 5.52 Å². The van der Waals surface area contributed by atoms with Gasteiger partial charge in [0.25, 0.3) is 0 Å². The Morgan fingerprint density at radius 3 is 2.74 bits per heavy atom. The highest BCUT2D eigenvalue weighted by atomic mass is 15.3. The van der Waals surface area contributed by atoms with E-state index < -0.39 is 0 Å². The molecule has 19 heavy (non-hydrogen) atoms. The van der Waals surface area contributed by atoms with E-state index in [2.05, 4.69) is 39.0 Å². The third kappa shape index (κ3) is 1.89. The van der Waals surface area contributed by atoms with Gasteiger partial charge in [-0.25, -0.2) is 0 Å². The van der Waals surface area contributed by atoms with Gasteiger partial charge < -0.3 is 9.80 Å². The Hall–Kier alpha value is -1.61. The zero-order valence-corrected chi connectivity index (χ0v) is 11.1. The largest absolute Gasteiger partial charge is 0.367 e. The van der Waals surface area contributed by atoms with Crippen LogP contribution in [0.1, 0.15) is 12.8 Å². The highest BCUT2D eigenvalue weighted by Crippen LogP contribution is 2.31. The molecule has 2 aromatic rings. The van der Waals surface area contributed by atoms with Crippen LogP contribution in [0.4, 0.5) is 5.69 Å². The van der Waals surface area contributed by atoms with Crippen LogP contribution in [0.2, 0.25) is 0 Å². The Morgan fingerprint density at radius 2 is 1.84 bits per heavy atom. The van der Waals surface area contributed by atoms with Crippen molar-refractivity contribution < 1.29 is 0 Å². The maximum atomic E-state index is 4.48. The zero-order valence-electron chi connectivity index (χ0n) is 11.1. The van der Waals surface area contributed by atoms with Crippen molar-refractivity contribution in [1.82, 2.24) is 9.88 Å². The second-order valence-electron chi connectivity index (χ2n) is 5.61. The monoisotopic (exact) mass is 253 g/mol. The Labute approximate surface area is 113 Å². The molecule has 3 aliphatic heterocycles. The highest BCUT2D eigenvalue weighted by Gasteiger charge is 2.29. The molecule has 0 unspecified atom stereocenters. The average Bonchev–Trinajstić information content (AvgIpc) is 2.80. The molecule has 0 N–H and O–H groups in total. The molecule has 3 aliphatic rings. The Kier molecular flexibility index (Phi) is 2.66. The van der Waals surface area contributed by atoms with Crippen LogP contribution in [0, 0.1) is 0 Å². The van der Waals surface area contributed by atoms with Gasteiger partial charge in [-0.05, 0) is 37.1 Å². The summed E-state index contributed by atoms with van der Waals surface area (Å²) in [5, 5.41) is 1.30. The number of hydrogen-bond acceptors (Lipinski definition) is 3. The van der Waals surface area contributed by atoms with Crippen molar-refractivity contribution in [2.45, 2.75) is 18.9 Å². The first kappa shape index (κ1) is 11.2. The van der Waals surface area contributed by atoms with E-state index in [0.29, 0.717) is 6.04 Å². The van der Waals surface area contributed by atoms with Crippen LogP contribution in [0.5, 0.6) is 0 Å². The summed E-state index contributed by atoms with van der Waals surface area (Å²) < 4.78 is 0. The topological polar surface area (TPSA) is 19.4 Å². The second-order valence-corrected chi connectivity index (χ2v) is 5.61. The average molecular weight is 253 g/mol. The molecule has 1 aromatic heterocycles. The van der Waals surface area contributed by atoms with Crippen LogP contribution in [0.25, 0.3) is 10.9 Å². The Balaban J connectivity index is 1.81. The SMILES string of the molecule is c1cc(N2CCN3CCC2CC3)c2cccnc2c1. The predicted molar refractivity (Wildman–Crippen MR) is 78.6 cm³/mol. The molecule has 0 atom stereocenters. The van der Waals surface area contributed by atoms with Gasteiger partial charge in [0.2, 0.25) is 0 Å². The second kappa shape index (κ2) is 4.49. The number of aromatic nitrogens is 1. The number of piperidine rings is 1. The molecule has 98 valence electrons. The molecule has 0 aliphatic carbocycles. The number of anilines is 1. The summed E-state index contributed by atoms with van der Waals surface area (Å²) in [7, 11) is 0.